The van der Waals surface area contributed by atoms with E-state index < -0.39 is 16.0 Å². The van der Waals surface area contributed by atoms with Crippen LogP contribution in [-0.4, -0.2) is 49.5 Å². The molecule has 2 N–H and O–H groups in total. The summed E-state index contributed by atoms with van der Waals surface area (Å²) in [4.78, 5) is 11.3. The standard InChI is InChI=1S/C13H20N2O4S2/c1-2-15(10-5-7-14-8-6-10)21(18,19)13-4-3-11(20-13)9-12(16)17/h3-4,10,14H,2,5-9H2,1H3,(H,16,17). The summed E-state index contributed by atoms with van der Waals surface area (Å²) in [5, 5.41) is 12.0. The second kappa shape index (κ2) is 6.87. The lowest BCUT2D eigenvalue weighted by Gasteiger charge is -2.32. The van der Waals surface area contributed by atoms with Crippen LogP contribution in [0.2, 0.25) is 0 Å². The average molecular weight is 332 g/mol. The Bertz CT molecular complexity index is 591. The molecule has 0 atom stereocenters. The van der Waals surface area contributed by atoms with Crippen LogP contribution in [0.15, 0.2) is 16.3 Å². The van der Waals surface area contributed by atoms with Gasteiger partial charge in [-0.1, -0.05) is 6.92 Å². The number of carboxylic acids is 1. The summed E-state index contributed by atoms with van der Waals surface area (Å²) in [6, 6.07) is 3.12. The number of carbonyl (C=O) groups is 1. The van der Waals surface area contributed by atoms with Gasteiger partial charge in [-0.3, -0.25) is 4.79 Å². The van der Waals surface area contributed by atoms with E-state index >= 15 is 0 Å². The molecule has 1 aromatic rings. The summed E-state index contributed by atoms with van der Waals surface area (Å²) in [6.07, 6.45) is 1.47. The minimum absolute atomic E-state index is 0.0197. The molecule has 21 heavy (non-hydrogen) atoms. The van der Waals surface area contributed by atoms with E-state index in [1.54, 1.807) is 10.4 Å². The largest absolute Gasteiger partial charge is 0.481 e. The Kier molecular flexibility index (Phi) is 5.37. The zero-order valence-electron chi connectivity index (χ0n) is 11.9. The van der Waals surface area contributed by atoms with Gasteiger partial charge in [0, 0.05) is 17.5 Å². The normalized spacial score (nSPS) is 17.2. The van der Waals surface area contributed by atoms with Gasteiger partial charge in [-0.15, -0.1) is 11.3 Å². The fourth-order valence-corrected chi connectivity index (χ4v) is 5.75. The molecule has 8 heteroatoms. The van der Waals surface area contributed by atoms with Gasteiger partial charge >= 0.3 is 5.97 Å². The molecule has 2 heterocycles. The first kappa shape index (κ1) is 16.4. The lowest BCUT2D eigenvalue weighted by atomic mass is 10.1. The average Bonchev–Trinajstić information content (AvgIpc) is 2.89. The van der Waals surface area contributed by atoms with Gasteiger partial charge < -0.3 is 10.4 Å². The molecule has 1 aliphatic heterocycles. The number of nitrogens with zero attached hydrogens (tertiary/aromatic N) is 1. The minimum atomic E-state index is -3.53. The lowest BCUT2D eigenvalue weighted by Crippen LogP contribution is -2.45. The Morgan fingerprint density at radius 2 is 2.10 bits per heavy atom. The number of thiophene rings is 1. The van der Waals surface area contributed by atoms with Crippen molar-refractivity contribution in [2.45, 2.75) is 36.4 Å². The fourth-order valence-electron chi connectivity index (χ4n) is 2.58. The van der Waals surface area contributed by atoms with Gasteiger partial charge in [0.15, 0.2) is 0 Å². The highest BCUT2D eigenvalue weighted by atomic mass is 32.2. The van der Waals surface area contributed by atoms with E-state index in [2.05, 4.69) is 5.32 Å². The maximum absolute atomic E-state index is 12.7. The monoisotopic (exact) mass is 332 g/mol. The number of aliphatic carboxylic acids is 1. The molecule has 0 aromatic carbocycles. The number of hydrogen-bond donors (Lipinski definition) is 2. The summed E-state index contributed by atoms with van der Waals surface area (Å²) in [5.74, 6) is -0.952. The third kappa shape index (κ3) is 3.82. The number of carboxylic acid groups (broad SMARTS) is 1. The first-order valence-electron chi connectivity index (χ1n) is 6.98. The van der Waals surface area contributed by atoms with Gasteiger partial charge in [0.2, 0.25) is 0 Å². The molecule has 1 fully saturated rings. The maximum Gasteiger partial charge on any atom is 0.308 e. The molecule has 0 bridgehead atoms. The first-order valence-corrected chi connectivity index (χ1v) is 9.24. The third-order valence-corrected chi connectivity index (χ3v) is 7.13. The number of rotatable bonds is 6. The molecule has 2 rings (SSSR count). The van der Waals surface area contributed by atoms with Crippen molar-refractivity contribution in [3.05, 3.63) is 17.0 Å². The van der Waals surface area contributed by atoms with Gasteiger partial charge in [0.05, 0.1) is 6.42 Å². The van der Waals surface area contributed by atoms with Crippen LogP contribution < -0.4 is 5.32 Å². The SMILES string of the molecule is CCN(C1CCNCC1)S(=O)(=O)c1ccc(CC(=O)O)s1. The molecule has 118 valence electrons. The van der Waals surface area contributed by atoms with Crippen LogP contribution in [-0.2, 0) is 21.2 Å². The topological polar surface area (TPSA) is 86.7 Å². The van der Waals surface area contributed by atoms with Crippen molar-refractivity contribution in [3.8, 4) is 0 Å². The van der Waals surface area contributed by atoms with Crippen LogP contribution in [0.4, 0.5) is 0 Å². The molecular weight excluding hydrogens is 312 g/mol. The van der Waals surface area contributed by atoms with Gasteiger partial charge in [-0.25, -0.2) is 8.42 Å². The van der Waals surface area contributed by atoms with Crippen LogP contribution >= 0.6 is 11.3 Å². The Balaban J connectivity index is 2.21. The predicted molar refractivity (Wildman–Crippen MR) is 81.1 cm³/mol. The summed E-state index contributed by atoms with van der Waals surface area (Å²) >= 11 is 1.05. The highest BCUT2D eigenvalue weighted by Gasteiger charge is 2.32. The van der Waals surface area contributed by atoms with E-state index in [1.165, 1.54) is 6.07 Å². The molecule has 0 aliphatic carbocycles. The van der Waals surface area contributed by atoms with E-state index in [1.807, 2.05) is 6.92 Å². The number of hydrogen-bond acceptors (Lipinski definition) is 5. The van der Waals surface area contributed by atoms with Crippen molar-refractivity contribution >= 4 is 27.3 Å². The zero-order valence-corrected chi connectivity index (χ0v) is 13.5. The Morgan fingerprint density at radius 1 is 1.43 bits per heavy atom. The van der Waals surface area contributed by atoms with Crippen LogP contribution in [0.1, 0.15) is 24.6 Å². The van der Waals surface area contributed by atoms with Crippen molar-refractivity contribution < 1.29 is 18.3 Å². The highest BCUT2D eigenvalue weighted by Crippen LogP contribution is 2.28. The fraction of sp³-hybridized carbons (Fsp3) is 0.615. The molecule has 0 amide bonds. The molecule has 6 nitrogen and oxygen atoms in total. The van der Waals surface area contributed by atoms with Crippen molar-refractivity contribution in [1.82, 2.24) is 9.62 Å². The molecular formula is C13H20N2O4S2. The van der Waals surface area contributed by atoms with Crippen LogP contribution in [0, 0.1) is 0 Å². The van der Waals surface area contributed by atoms with E-state index in [-0.39, 0.29) is 16.7 Å². The van der Waals surface area contributed by atoms with Crippen LogP contribution in [0.3, 0.4) is 0 Å². The maximum atomic E-state index is 12.7. The molecule has 1 aromatic heterocycles. The highest BCUT2D eigenvalue weighted by molar-refractivity contribution is 7.91. The van der Waals surface area contributed by atoms with E-state index in [4.69, 9.17) is 5.11 Å². The number of nitrogens with one attached hydrogen (secondary N) is 1. The Hall–Kier alpha value is -0.960. The van der Waals surface area contributed by atoms with Crippen molar-refractivity contribution in [2.24, 2.45) is 0 Å². The Labute approximate surface area is 128 Å². The van der Waals surface area contributed by atoms with E-state index in [0.29, 0.717) is 11.4 Å². The van der Waals surface area contributed by atoms with Crippen molar-refractivity contribution in [2.75, 3.05) is 19.6 Å². The first-order chi connectivity index (χ1) is 9.95. The molecule has 0 saturated carbocycles. The van der Waals surface area contributed by atoms with Gasteiger partial charge in [0.25, 0.3) is 10.0 Å². The predicted octanol–water partition coefficient (Wildman–Crippen LogP) is 1.14. The second-order valence-corrected chi connectivity index (χ2v) is 8.27. The van der Waals surface area contributed by atoms with Crippen LogP contribution in [0.25, 0.3) is 0 Å². The third-order valence-electron chi connectivity index (χ3n) is 3.55. The van der Waals surface area contributed by atoms with Crippen molar-refractivity contribution in [3.63, 3.8) is 0 Å². The van der Waals surface area contributed by atoms with E-state index in [0.717, 1.165) is 37.3 Å². The van der Waals surface area contributed by atoms with E-state index in [9.17, 15) is 13.2 Å². The smallest absolute Gasteiger partial charge is 0.308 e. The lowest BCUT2D eigenvalue weighted by molar-refractivity contribution is -0.136. The Morgan fingerprint density at radius 3 is 2.67 bits per heavy atom. The molecule has 1 saturated heterocycles. The number of piperidine rings is 1. The molecule has 0 radical (unpaired) electrons. The summed E-state index contributed by atoms with van der Waals surface area (Å²) in [5.41, 5.74) is 0. The molecule has 0 unspecified atom stereocenters. The summed E-state index contributed by atoms with van der Waals surface area (Å²) in [6.45, 7) is 3.92. The minimum Gasteiger partial charge on any atom is -0.481 e. The van der Waals surface area contributed by atoms with Gasteiger partial charge in [-0.05, 0) is 38.1 Å². The molecule has 0 spiro atoms. The quantitative estimate of drug-likeness (QED) is 0.816. The van der Waals surface area contributed by atoms with Gasteiger partial charge in [0.1, 0.15) is 4.21 Å². The van der Waals surface area contributed by atoms with Gasteiger partial charge in [-0.2, -0.15) is 4.31 Å². The number of sulfonamides is 1. The zero-order chi connectivity index (χ0) is 15.5. The summed E-state index contributed by atoms with van der Waals surface area (Å²) in [7, 11) is -3.53. The molecule has 1 aliphatic rings. The summed E-state index contributed by atoms with van der Waals surface area (Å²) < 4.78 is 27.2. The van der Waals surface area contributed by atoms with Crippen molar-refractivity contribution in [1.29, 1.82) is 0 Å². The van der Waals surface area contributed by atoms with Crippen LogP contribution in [0.5, 0.6) is 0 Å². The second-order valence-electron chi connectivity index (χ2n) is 4.98.